The third kappa shape index (κ3) is 2.49. The summed E-state index contributed by atoms with van der Waals surface area (Å²) in [5.74, 6) is 1.73. The maximum absolute atomic E-state index is 7.61. The number of hydrogen-bond donors (Lipinski definition) is 1. The van der Waals surface area contributed by atoms with E-state index in [0.717, 1.165) is 5.17 Å². The lowest BCUT2D eigenvalue weighted by atomic mass is 9.97. The quantitative estimate of drug-likeness (QED) is 0.828. The summed E-state index contributed by atoms with van der Waals surface area (Å²) >= 11 is 1.49. The molecule has 2 heterocycles. The van der Waals surface area contributed by atoms with Crippen molar-refractivity contribution in [3.05, 3.63) is 5.89 Å². The van der Waals surface area contributed by atoms with Crippen LogP contribution in [0.4, 0.5) is 6.01 Å². The van der Waals surface area contributed by atoms with Gasteiger partial charge >= 0.3 is 6.01 Å². The molecule has 0 amide bonds. The van der Waals surface area contributed by atoms with Crippen LogP contribution < -0.4 is 0 Å². The number of nitrogens with one attached hydrogen (secondary N) is 1. The topological polar surface area (TPSA) is 78.4 Å². The van der Waals surface area contributed by atoms with Gasteiger partial charge in [-0.15, -0.1) is 5.10 Å². The summed E-state index contributed by atoms with van der Waals surface area (Å²) in [5.41, 5.74) is -0.174. The van der Waals surface area contributed by atoms with Crippen molar-refractivity contribution in [2.75, 3.05) is 12.8 Å². The number of rotatable bonds is 1. The predicted molar refractivity (Wildman–Crippen MR) is 68.0 cm³/mol. The van der Waals surface area contributed by atoms with Crippen molar-refractivity contribution in [3.8, 4) is 0 Å². The molecule has 1 aromatic heterocycles. The van der Waals surface area contributed by atoms with Crippen molar-refractivity contribution >= 4 is 28.8 Å². The van der Waals surface area contributed by atoms with E-state index in [9.17, 15) is 0 Å². The molecule has 6 nitrogen and oxygen atoms in total. The Bertz CT molecular complexity index is 473. The molecule has 0 bridgehead atoms. The van der Waals surface area contributed by atoms with Crippen LogP contribution >= 0.6 is 11.8 Å². The summed E-state index contributed by atoms with van der Waals surface area (Å²) in [6, 6.07) is 0.249. The van der Waals surface area contributed by atoms with Crippen molar-refractivity contribution < 1.29 is 4.42 Å². The monoisotopic (exact) mass is 253 g/mol. The van der Waals surface area contributed by atoms with Gasteiger partial charge in [0.1, 0.15) is 5.84 Å². The van der Waals surface area contributed by atoms with Gasteiger partial charge in [0.05, 0.1) is 5.75 Å². The summed E-state index contributed by atoms with van der Waals surface area (Å²) in [5, 5.41) is 16.2. The summed E-state index contributed by atoms with van der Waals surface area (Å²) in [7, 11) is 1.81. The zero-order valence-electron chi connectivity index (χ0n) is 10.3. The summed E-state index contributed by atoms with van der Waals surface area (Å²) in [4.78, 5) is 5.96. The average molecular weight is 253 g/mol. The van der Waals surface area contributed by atoms with E-state index < -0.39 is 0 Å². The van der Waals surface area contributed by atoms with E-state index in [0.29, 0.717) is 17.5 Å². The number of aliphatic imine (C=N–C) groups is 1. The number of aromatic nitrogens is 2. The molecule has 0 saturated carbocycles. The van der Waals surface area contributed by atoms with Gasteiger partial charge in [-0.3, -0.25) is 5.41 Å². The standard InChI is InChI=1S/C10H15N5OS/c1-10(2,3)7-13-14-8(16-7)12-9-15(4)6(11)5-17-9/h11H,5H2,1-4H3/b11-6?,12-9+. The van der Waals surface area contributed by atoms with Crippen LogP contribution in [0.3, 0.4) is 0 Å². The third-order valence-corrected chi connectivity index (χ3v) is 3.32. The van der Waals surface area contributed by atoms with Crippen LogP contribution in [0.2, 0.25) is 0 Å². The van der Waals surface area contributed by atoms with Gasteiger partial charge in [-0.05, 0) is 0 Å². The Kier molecular flexibility index (Phi) is 2.94. The Hall–Kier alpha value is -1.37. The molecule has 1 aliphatic heterocycles. The van der Waals surface area contributed by atoms with Gasteiger partial charge in [-0.2, -0.15) is 4.99 Å². The van der Waals surface area contributed by atoms with Crippen LogP contribution in [0.5, 0.6) is 0 Å². The first-order chi connectivity index (χ1) is 7.88. The Morgan fingerprint density at radius 3 is 2.59 bits per heavy atom. The Balaban J connectivity index is 2.22. The molecule has 7 heteroatoms. The van der Waals surface area contributed by atoms with E-state index in [4.69, 9.17) is 9.83 Å². The van der Waals surface area contributed by atoms with E-state index in [2.05, 4.69) is 15.2 Å². The van der Waals surface area contributed by atoms with Crippen molar-refractivity contribution in [3.63, 3.8) is 0 Å². The molecule has 0 aromatic carbocycles. The minimum absolute atomic E-state index is 0.174. The molecule has 1 fully saturated rings. The van der Waals surface area contributed by atoms with E-state index in [-0.39, 0.29) is 11.4 Å². The first-order valence-corrected chi connectivity index (χ1v) is 6.23. The average Bonchev–Trinajstić information content (AvgIpc) is 2.80. The van der Waals surface area contributed by atoms with E-state index in [1.165, 1.54) is 11.8 Å². The van der Waals surface area contributed by atoms with Crippen molar-refractivity contribution in [1.29, 1.82) is 5.41 Å². The van der Waals surface area contributed by atoms with Crippen molar-refractivity contribution in [2.45, 2.75) is 26.2 Å². The molecule has 0 radical (unpaired) electrons. The molecule has 1 aliphatic rings. The van der Waals surface area contributed by atoms with Gasteiger partial charge in [0.2, 0.25) is 5.89 Å². The molecular formula is C10H15N5OS. The van der Waals surface area contributed by atoms with E-state index in [1.807, 2.05) is 27.8 Å². The summed E-state index contributed by atoms with van der Waals surface area (Å²) in [6.45, 7) is 6.01. The Morgan fingerprint density at radius 2 is 2.12 bits per heavy atom. The van der Waals surface area contributed by atoms with Gasteiger partial charge in [0.25, 0.3) is 0 Å². The molecule has 92 valence electrons. The normalized spacial score (nSPS) is 19.4. The molecule has 1 saturated heterocycles. The fourth-order valence-electron chi connectivity index (χ4n) is 1.19. The highest BCUT2D eigenvalue weighted by molar-refractivity contribution is 8.15. The Labute approximate surface area is 104 Å². The molecule has 0 aliphatic carbocycles. The van der Waals surface area contributed by atoms with Gasteiger partial charge in [-0.1, -0.05) is 37.6 Å². The lowest BCUT2D eigenvalue weighted by Gasteiger charge is -2.11. The lowest BCUT2D eigenvalue weighted by Crippen LogP contribution is -2.23. The highest BCUT2D eigenvalue weighted by Crippen LogP contribution is 2.25. The molecular weight excluding hydrogens is 238 g/mol. The zero-order chi connectivity index (χ0) is 12.6. The van der Waals surface area contributed by atoms with Crippen LogP contribution in [0.15, 0.2) is 9.41 Å². The van der Waals surface area contributed by atoms with Crippen LogP contribution in [-0.4, -0.2) is 38.9 Å². The highest BCUT2D eigenvalue weighted by atomic mass is 32.2. The predicted octanol–water partition coefficient (Wildman–Crippen LogP) is 2.01. The zero-order valence-corrected chi connectivity index (χ0v) is 11.1. The fourth-order valence-corrected chi connectivity index (χ4v) is 2.10. The number of amidine groups is 2. The molecule has 1 N–H and O–H groups in total. The summed E-state index contributed by atoms with van der Waals surface area (Å²) in [6.07, 6.45) is 0. The third-order valence-electron chi connectivity index (χ3n) is 2.28. The van der Waals surface area contributed by atoms with Gasteiger partial charge in [-0.25, -0.2) is 0 Å². The first-order valence-electron chi connectivity index (χ1n) is 5.24. The molecule has 0 atom stereocenters. The van der Waals surface area contributed by atoms with Gasteiger partial charge < -0.3 is 9.32 Å². The maximum atomic E-state index is 7.61. The van der Waals surface area contributed by atoms with Crippen LogP contribution in [0.1, 0.15) is 26.7 Å². The smallest absolute Gasteiger partial charge is 0.344 e. The minimum atomic E-state index is -0.174. The van der Waals surface area contributed by atoms with Crippen LogP contribution in [-0.2, 0) is 5.41 Å². The molecule has 2 rings (SSSR count). The van der Waals surface area contributed by atoms with E-state index >= 15 is 0 Å². The molecule has 0 unspecified atom stereocenters. The number of hydrogen-bond acceptors (Lipinski definition) is 6. The first kappa shape index (κ1) is 12.1. The fraction of sp³-hybridized carbons (Fsp3) is 0.600. The highest BCUT2D eigenvalue weighted by Gasteiger charge is 2.24. The minimum Gasteiger partial charge on any atom is -0.406 e. The van der Waals surface area contributed by atoms with Crippen molar-refractivity contribution in [1.82, 2.24) is 15.1 Å². The second kappa shape index (κ2) is 4.14. The second-order valence-electron chi connectivity index (χ2n) is 4.83. The Morgan fingerprint density at radius 1 is 1.41 bits per heavy atom. The largest absolute Gasteiger partial charge is 0.406 e. The second-order valence-corrected chi connectivity index (χ2v) is 5.77. The number of nitrogens with zero attached hydrogens (tertiary/aromatic N) is 4. The van der Waals surface area contributed by atoms with Crippen LogP contribution in [0, 0.1) is 5.41 Å². The van der Waals surface area contributed by atoms with E-state index in [1.54, 1.807) is 4.90 Å². The molecule has 17 heavy (non-hydrogen) atoms. The maximum Gasteiger partial charge on any atom is 0.344 e. The molecule has 1 aromatic rings. The van der Waals surface area contributed by atoms with Gasteiger partial charge in [0, 0.05) is 12.5 Å². The van der Waals surface area contributed by atoms with Crippen LogP contribution in [0.25, 0.3) is 0 Å². The lowest BCUT2D eigenvalue weighted by molar-refractivity contribution is 0.398. The van der Waals surface area contributed by atoms with Gasteiger partial charge in [0.15, 0.2) is 5.17 Å². The van der Waals surface area contributed by atoms with Crippen molar-refractivity contribution in [2.24, 2.45) is 4.99 Å². The molecule has 0 spiro atoms. The SMILES string of the molecule is CN1C(=N)CS/C1=N/c1nnc(C(C)(C)C)o1. The summed E-state index contributed by atoms with van der Waals surface area (Å²) < 4.78 is 5.47. The number of thioether (sulfide) groups is 1.